The van der Waals surface area contributed by atoms with Crippen LogP contribution in [-0.2, 0) is 9.53 Å². The van der Waals surface area contributed by atoms with E-state index < -0.39 is 12.6 Å². The van der Waals surface area contributed by atoms with E-state index in [9.17, 15) is 14.4 Å². The Morgan fingerprint density at radius 3 is 2.86 bits per heavy atom. The summed E-state index contributed by atoms with van der Waals surface area (Å²) < 4.78 is 10.4. The fourth-order valence-electron chi connectivity index (χ4n) is 2.89. The summed E-state index contributed by atoms with van der Waals surface area (Å²) >= 11 is 1.56. The van der Waals surface area contributed by atoms with Gasteiger partial charge in [-0.15, -0.1) is 11.3 Å². The third-order valence-corrected chi connectivity index (χ3v) is 5.24. The van der Waals surface area contributed by atoms with E-state index in [1.54, 1.807) is 42.5 Å². The van der Waals surface area contributed by atoms with Crippen molar-refractivity contribution in [3.05, 3.63) is 64.7 Å². The Kier molecular flexibility index (Phi) is 5.09. The largest absolute Gasteiger partial charge is 0.482 e. The summed E-state index contributed by atoms with van der Waals surface area (Å²) in [7, 11) is 0. The molecule has 1 aromatic carbocycles. The van der Waals surface area contributed by atoms with Gasteiger partial charge in [0.1, 0.15) is 5.75 Å². The molecule has 0 fully saturated rings. The molecule has 1 N–H and O–H groups in total. The molecule has 2 aromatic heterocycles. The predicted molar refractivity (Wildman–Crippen MR) is 107 cm³/mol. The fraction of sp³-hybridized carbons (Fsp3) is 0.143. The van der Waals surface area contributed by atoms with Gasteiger partial charge in [-0.05, 0) is 48.7 Å². The molecule has 1 aliphatic heterocycles. The number of Topliss-reactive ketones (excluding diaryl/α,β-unsaturated/α-hetero) is 1. The molecule has 0 saturated heterocycles. The summed E-state index contributed by atoms with van der Waals surface area (Å²) in [5, 5.41) is 4.60. The lowest BCUT2D eigenvalue weighted by Gasteiger charge is -2.18. The van der Waals surface area contributed by atoms with Crippen molar-refractivity contribution in [1.29, 1.82) is 0 Å². The summed E-state index contributed by atoms with van der Waals surface area (Å²) in [6, 6.07) is 12.0. The van der Waals surface area contributed by atoms with Gasteiger partial charge in [0.05, 0.1) is 27.5 Å². The van der Waals surface area contributed by atoms with Crippen molar-refractivity contribution in [3.63, 3.8) is 0 Å². The zero-order chi connectivity index (χ0) is 20.4. The minimum Gasteiger partial charge on any atom is -0.482 e. The van der Waals surface area contributed by atoms with Crippen molar-refractivity contribution in [2.24, 2.45) is 0 Å². The van der Waals surface area contributed by atoms with Gasteiger partial charge in [-0.3, -0.25) is 14.6 Å². The Hall–Kier alpha value is -3.52. The van der Waals surface area contributed by atoms with Crippen molar-refractivity contribution in [2.75, 3.05) is 18.5 Å². The summed E-state index contributed by atoms with van der Waals surface area (Å²) in [4.78, 5) is 41.7. The van der Waals surface area contributed by atoms with Crippen molar-refractivity contribution < 1.29 is 23.9 Å². The summed E-state index contributed by atoms with van der Waals surface area (Å²) in [6.07, 6.45) is 0. The fourth-order valence-corrected chi connectivity index (χ4v) is 3.58. The number of thiophene rings is 1. The lowest BCUT2D eigenvalue weighted by atomic mass is 10.1. The van der Waals surface area contributed by atoms with Gasteiger partial charge >= 0.3 is 5.97 Å². The van der Waals surface area contributed by atoms with E-state index in [-0.39, 0.29) is 18.3 Å². The molecule has 4 rings (SSSR count). The standard InChI is InChI=1S/C21H16N2O5S/c1-12-14(5-6-15(22-12)19-3-2-8-29-19)21(26)28-10-17(24)13-4-7-18-16(9-13)23-20(25)11-27-18/h2-9H,10-11H2,1H3,(H,23,25). The summed E-state index contributed by atoms with van der Waals surface area (Å²) in [5.74, 6) is -0.800. The first-order chi connectivity index (χ1) is 14.0. The van der Waals surface area contributed by atoms with Gasteiger partial charge < -0.3 is 14.8 Å². The van der Waals surface area contributed by atoms with Gasteiger partial charge in [-0.1, -0.05) is 6.07 Å². The Labute approximate surface area is 170 Å². The summed E-state index contributed by atoms with van der Waals surface area (Å²) in [5.41, 5.74) is 2.35. The van der Waals surface area contributed by atoms with Crippen LogP contribution < -0.4 is 10.1 Å². The van der Waals surface area contributed by atoms with E-state index in [0.29, 0.717) is 28.3 Å². The molecule has 7 nitrogen and oxygen atoms in total. The normalized spacial score (nSPS) is 12.5. The topological polar surface area (TPSA) is 94.6 Å². The highest BCUT2D eigenvalue weighted by atomic mass is 32.1. The summed E-state index contributed by atoms with van der Waals surface area (Å²) in [6.45, 7) is 1.25. The molecule has 0 radical (unpaired) electrons. The van der Waals surface area contributed by atoms with Gasteiger partial charge in [0, 0.05) is 5.56 Å². The highest BCUT2D eigenvalue weighted by Crippen LogP contribution is 2.28. The first kappa shape index (κ1) is 18.8. The molecule has 3 heterocycles. The highest BCUT2D eigenvalue weighted by Gasteiger charge is 2.19. The molecule has 0 unspecified atom stereocenters. The molecular weight excluding hydrogens is 392 g/mol. The number of ketones is 1. The number of ether oxygens (including phenoxy) is 2. The number of anilines is 1. The average Bonchev–Trinajstić information content (AvgIpc) is 3.26. The van der Waals surface area contributed by atoms with Gasteiger partial charge in [-0.25, -0.2) is 4.79 Å². The van der Waals surface area contributed by atoms with E-state index >= 15 is 0 Å². The number of benzene rings is 1. The first-order valence-corrected chi connectivity index (χ1v) is 9.68. The van der Waals surface area contributed by atoms with Crippen LogP contribution in [0.15, 0.2) is 47.8 Å². The minimum absolute atomic E-state index is 0.0590. The molecule has 8 heteroatoms. The number of aromatic nitrogens is 1. The maximum atomic E-state index is 12.4. The molecule has 0 spiro atoms. The molecule has 0 saturated carbocycles. The van der Waals surface area contributed by atoms with Gasteiger partial charge in [0.15, 0.2) is 19.0 Å². The van der Waals surface area contributed by atoms with Crippen LogP contribution in [0.3, 0.4) is 0 Å². The Morgan fingerprint density at radius 1 is 1.24 bits per heavy atom. The molecule has 1 amide bonds. The number of nitrogens with zero attached hydrogens (tertiary/aromatic N) is 1. The highest BCUT2D eigenvalue weighted by molar-refractivity contribution is 7.13. The van der Waals surface area contributed by atoms with Crippen LogP contribution in [0.25, 0.3) is 10.6 Å². The Morgan fingerprint density at radius 2 is 2.10 bits per heavy atom. The van der Waals surface area contributed by atoms with E-state index in [1.165, 1.54) is 6.07 Å². The SMILES string of the molecule is Cc1nc(-c2cccs2)ccc1C(=O)OCC(=O)c1ccc2c(c1)NC(=O)CO2. The lowest BCUT2D eigenvalue weighted by Crippen LogP contribution is -2.25. The molecule has 0 bridgehead atoms. The zero-order valence-electron chi connectivity index (χ0n) is 15.4. The number of aryl methyl sites for hydroxylation is 1. The molecule has 3 aromatic rings. The van der Waals surface area contributed by atoms with Crippen LogP contribution in [0.5, 0.6) is 5.75 Å². The van der Waals surface area contributed by atoms with Gasteiger partial charge in [0.2, 0.25) is 0 Å². The third-order valence-electron chi connectivity index (χ3n) is 4.35. The van der Waals surface area contributed by atoms with Crippen molar-refractivity contribution >= 4 is 34.7 Å². The van der Waals surface area contributed by atoms with Crippen molar-refractivity contribution in [3.8, 4) is 16.3 Å². The number of nitrogens with one attached hydrogen (secondary N) is 1. The molecular formula is C21H16N2O5S. The number of hydrogen-bond donors (Lipinski definition) is 1. The number of carbonyl (C=O) groups excluding carboxylic acids is 3. The Balaban J connectivity index is 1.42. The maximum Gasteiger partial charge on any atom is 0.340 e. The van der Waals surface area contributed by atoms with Crippen LogP contribution in [0, 0.1) is 6.92 Å². The van der Waals surface area contributed by atoms with E-state index in [0.717, 1.165) is 10.6 Å². The van der Waals surface area contributed by atoms with Crippen LogP contribution in [0.2, 0.25) is 0 Å². The number of carbonyl (C=O) groups is 3. The number of fused-ring (bicyclic) bond motifs is 1. The van der Waals surface area contributed by atoms with Gasteiger partial charge in [-0.2, -0.15) is 0 Å². The number of rotatable bonds is 5. The minimum atomic E-state index is -0.615. The van der Waals surface area contributed by atoms with E-state index in [2.05, 4.69) is 10.3 Å². The van der Waals surface area contributed by atoms with Crippen LogP contribution in [-0.4, -0.2) is 35.9 Å². The van der Waals surface area contributed by atoms with Crippen LogP contribution in [0.1, 0.15) is 26.4 Å². The number of pyridine rings is 1. The quantitative estimate of drug-likeness (QED) is 0.513. The van der Waals surface area contributed by atoms with Crippen LogP contribution >= 0.6 is 11.3 Å². The predicted octanol–water partition coefficient (Wildman–Crippen LogP) is 3.49. The number of amides is 1. The van der Waals surface area contributed by atoms with E-state index in [4.69, 9.17) is 9.47 Å². The Bertz CT molecular complexity index is 1110. The lowest BCUT2D eigenvalue weighted by molar-refractivity contribution is -0.118. The molecule has 1 aliphatic rings. The van der Waals surface area contributed by atoms with Crippen molar-refractivity contribution in [2.45, 2.75) is 6.92 Å². The molecule has 29 heavy (non-hydrogen) atoms. The molecule has 0 atom stereocenters. The second-order valence-corrected chi connectivity index (χ2v) is 7.30. The van der Waals surface area contributed by atoms with E-state index in [1.807, 2.05) is 17.5 Å². The van der Waals surface area contributed by atoms with Gasteiger partial charge in [0.25, 0.3) is 5.91 Å². The third kappa shape index (κ3) is 4.02. The second kappa shape index (κ2) is 7.84. The number of esters is 1. The monoisotopic (exact) mass is 408 g/mol. The zero-order valence-corrected chi connectivity index (χ0v) is 16.2. The first-order valence-electron chi connectivity index (χ1n) is 8.80. The second-order valence-electron chi connectivity index (χ2n) is 6.35. The molecule has 146 valence electrons. The van der Waals surface area contributed by atoms with Crippen LogP contribution in [0.4, 0.5) is 5.69 Å². The maximum absolute atomic E-state index is 12.4. The smallest absolute Gasteiger partial charge is 0.340 e. The van der Waals surface area contributed by atoms with Crippen molar-refractivity contribution in [1.82, 2.24) is 4.98 Å². The number of hydrogen-bond acceptors (Lipinski definition) is 7. The molecule has 0 aliphatic carbocycles. The average molecular weight is 408 g/mol.